The van der Waals surface area contributed by atoms with E-state index in [0.29, 0.717) is 5.88 Å². The van der Waals surface area contributed by atoms with Crippen molar-refractivity contribution < 1.29 is 4.74 Å². The van der Waals surface area contributed by atoms with Crippen LogP contribution >= 0.6 is 0 Å². The lowest BCUT2D eigenvalue weighted by molar-refractivity contribution is 0.398. The minimum absolute atomic E-state index is 0.585. The Kier molecular flexibility index (Phi) is 2.44. The van der Waals surface area contributed by atoms with E-state index in [1.165, 1.54) is 0 Å². The molecule has 0 aliphatic rings. The fourth-order valence-corrected chi connectivity index (χ4v) is 2.01. The molecule has 0 unspecified atom stereocenters. The Morgan fingerprint density at radius 3 is 2.94 bits per heavy atom. The third kappa shape index (κ3) is 1.60. The third-order valence-corrected chi connectivity index (χ3v) is 2.80. The van der Waals surface area contributed by atoms with E-state index in [4.69, 9.17) is 4.74 Å². The molecule has 0 saturated carbocycles. The van der Waals surface area contributed by atoms with Crippen LogP contribution in [0.25, 0.3) is 16.8 Å². The van der Waals surface area contributed by atoms with Gasteiger partial charge in [0.05, 0.1) is 12.8 Å². The van der Waals surface area contributed by atoms with E-state index in [1.54, 1.807) is 24.0 Å². The largest absolute Gasteiger partial charge is 0.481 e. The summed E-state index contributed by atoms with van der Waals surface area (Å²) in [6, 6.07) is 5.68. The van der Waals surface area contributed by atoms with E-state index >= 15 is 0 Å². The fraction of sp³-hybridized carbons (Fsp3) is 0.154. The van der Waals surface area contributed by atoms with Crippen molar-refractivity contribution in [1.82, 2.24) is 19.6 Å². The second kappa shape index (κ2) is 4.10. The molecular formula is C13H12N4O. The lowest BCUT2D eigenvalue weighted by Crippen LogP contribution is -1.89. The monoisotopic (exact) mass is 240 g/mol. The van der Waals surface area contributed by atoms with Crippen LogP contribution in [0.15, 0.2) is 36.8 Å². The Morgan fingerprint density at radius 2 is 2.11 bits per heavy atom. The van der Waals surface area contributed by atoms with Crippen molar-refractivity contribution >= 4 is 5.65 Å². The van der Waals surface area contributed by atoms with Gasteiger partial charge in [0, 0.05) is 30.2 Å². The van der Waals surface area contributed by atoms with Gasteiger partial charge in [0.15, 0.2) is 5.65 Å². The number of ether oxygens (including phenoxy) is 1. The van der Waals surface area contributed by atoms with Crippen molar-refractivity contribution in [3.05, 3.63) is 42.5 Å². The zero-order valence-corrected chi connectivity index (χ0v) is 10.2. The lowest BCUT2D eigenvalue weighted by Gasteiger charge is -2.02. The van der Waals surface area contributed by atoms with Crippen molar-refractivity contribution in [2.45, 2.75) is 6.92 Å². The topological polar surface area (TPSA) is 52.3 Å². The van der Waals surface area contributed by atoms with E-state index in [0.717, 1.165) is 22.5 Å². The number of aryl methyl sites for hydroxylation is 1. The first kappa shape index (κ1) is 10.7. The van der Waals surface area contributed by atoms with Gasteiger partial charge in [-0.15, -0.1) is 0 Å². The predicted molar refractivity (Wildman–Crippen MR) is 67.5 cm³/mol. The van der Waals surface area contributed by atoms with Gasteiger partial charge in [0.25, 0.3) is 0 Å². The fourth-order valence-electron chi connectivity index (χ4n) is 2.01. The van der Waals surface area contributed by atoms with Crippen LogP contribution in [0, 0.1) is 6.92 Å². The molecule has 90 valence electrons. The molecule has 3 heterocycles. The van der Waals surface area contributed by atoms with Crippen molar-refractivity contribution in [1.29, 1.82) is 0 Å². The second-order valence-corrected chi connectivity index (χ2v) is 3.94. The molecule has 0 radical (unpaired) electrons. The summed E-state index contributed by atoms with van der Waals surface area (Å²) in [5.41, 5.74) is 3.79. The maximum Gasteiger partial charge on any atom is 0.213 e. The molecule has 0 spiro atoms. The van der Waals surface area contributed by atoms with Crippen LogP contribution < -0.4 is 4.74 Å². The molecule has 0 aliphatic heterocycles. The van der Waals surface area contributed by atoms with E-state index in [1.807, 2.05) is 31.3 Å². The Morgan fingerprint density at radius 1 is 1.22 bits per heavy atom. The van der Waals surface area contributed by atoms with Gasteiger partial charge in [-0.25, -0.2) is 14.5 Å². The van der Waals surface area contributed by atoms with Gasteiger partial charge in [-0.2, -0.15) is 5.10 Å². The molecule has 0 bridgehead atoms. The highest BCUT2D eigenvalue weighted by Gasteiger charge is 2.12. The molecule has 18 heavy (non-hydrogen) atoms. The van der Waals surface area contributed by atoms with Gasteiger partial charge in [-0.05, 0) is 24.6 Å². The van der Waals surface area contributed by atoms with Gasteiger partial charge in [0.2, 0.25) is 5.88 Å². The van der Waals surface area contributed by atoms with Crippen LogP contribution in [0.5, 0.6) is 5.88 Å². The zero-order chi connectivity index (χ0) is 12.5. The predicted octanol–water partition coefficient (Wildman–Crippen LogP) is 2.11. The van der Waals surface area contributed by atoms with E-state index in [-0.39, 0.29) is 0 Å². The van der Waals surface area contributed by atoms with E-state index < -0.39 is 0 Å². The molecule has 5 heteroatoms. The number of hydrogen-bond donors (Lipinski definition) is 0. The maximum absolute atomic E-state index is 5.15. The maximum atomic E-state index is 5.15. The molecule has 3 aromatic rings. The molecule has 0 aliphatic carbocycles. The second-order valence-electron chi connectivity index (χ2n) is 3.94. The third-order valence-electron chi connectivity index (χ3n) is 2.80. The molecule has 0 aromatic carbocycles. The summed E-state index contributed by atoms with van der Waals surface area (Å²) in [6.45, 7) is 1.97. The molecule has 0 saturated heterocycles. The van der Waals surface area contributed by atoms with Gasteiger partial charge in [0.1, 0.15) is 0 Å². The Balaban J connectivity index is 2.27. The molecule has 0 fully saturated rings. The van der Waals surface area contributed by atoms with Crippen molar-refractivity contribution in [2.24, 2.45) is 0 Å². The molecule has 0 amide bonds. The average Bonchev–Trinajstić information content (AvgIpc) is 2.74. The Hall–Kier alpha value is -2.43. The quantitative estimate of drug-likeness (QED) is 0.688. The number of hydrogen-bond acceptors (Lipinski definition) is 4. The van der Waals surface area contributed by atoms with Gasteiger partial charge in [-0.1, -0.05) is 0 Å². The van der Waals surface area contributed by atoms with Crippen LogP contribution in [0.4, 0.5) is 0 Å². The standard InChI is InChI=1S/C13H12N4O/c1-9-12(10-4-6-14-11(8-10)18-2)13-15-5-3-7-17(13)16-9/h3-8H,1-2H3. The summed E-state index contributed by atoms with van der Waals surface area (Å²) in [4.78, 5) is 8.48. The SMILES string of the molecule is COc1cc(-c2c(C)nn3cccnc23)ccn1. The Bertz CT molecular complexity index is 705. The molecule has 0 N–H and O–H groups in total. The summed E-state index contributed by atoms with van der Waals surface area (Å²) in [5, 5.41) is 4.44. The average molecular weight is 240 g/mol. The molecule has 3 rings (SSSR count). The van der Waals surface area contributed by atoms with Gasteiger partial charge < -0.3 is 4.74 Å². The molecule has 5 nitrogen and oxygen atoms in total. The van der Waals surface area contributed by atoms with Gasteiger partial charge >= 0.3 is 0 Å². The highest BCUT2D eigenvalue weighted by Crippen LogP contribution is 2.28. The summed E-state index contributed by atoms with van der Waals surface area (Å²) >= 11 is 0. The van der Waals surface area contributed by atoms with Crippen molar-refractivity contribution in [2.75, 3.05) is 7.11 Å². The van der Waals surface area contributed by atoms with Crippen LogP contribution in [-0.2, 0) is 0 Å². The first-order valence-electron chi connectivity index (χ1n) is 5.60. The number of rotatable bonds is 2. The summed E-state index contributed by atoms with van der Waals surface area (Å²) in [6.07, 6.45) is 5.37. The van der Waals surface area contributed by atoms with Crippen molar-refractivity contribution in [3.63, 3.8) is 0 Å². The van der Waals surface area contributed by atoms with Crippen LogP contribution in [0.1, 0.15) is 5.69 Å². The van der Waals surface area contributed by atoms with E-state index in [2.05, 4.69) is 15.1 Å². The first-order valence-corrected chi connectivity index (χ1v) is 5.60. The molecular weight excluding hydrogens is 228 g/mol. The smallest absolute Gasteiger partial charge is 0.213 e. The summed E-state index contributed by atoms with van der Waals surface area (Å²) in [5.74, 6) is 0.585. The minimum atomic E-state index is 0.585. The minimum Gasteiger partial charge on any atom is -0.481 e. The molecule has 0 atom stereocenters. The summed E-state index contributed by atoms with van der Waals surface area (Å²) < 4.78 is 6.92. The van der Waals surface area contributed by atoms with E-state index in [9.17, 15) is 0 Å². The van der Waals surface area contributed by atoms with Crippen LogP contribution in [0.3, 0.4) is 0 Å². The number of nitrogens with zero attached hydrogens (tertiary/aromatic N) is 4. The highest BCUT2D eigenvalue weighted by molar-refractivity contribution is 5.79. The van der Waals surface area contributed by atoms with Crippen molar-refractivity contribution in [3.8, 4) is 17.0 Å². The first-order chi connectivity index (χ1) is 8.79. The summed E-state index contributed by atoms with van der Waals surface area (Å²) in [7, 11) is 1.60. The lowest BCUT2D eigenvalue weighted by atomic mass is 10.1. The number of fused-ring (bicyclic) bond motifs is 1. The number of pyridine rings is 1. The van der Waals surface area contributed by atoms with Crippen LogP contribution in [-0.4, -0.2) is 26.7 Å². The Labute approximate surface area is 104 Å². The van der Waals surface area contributed by atoms with Gasteiger partial charge in [-0.3, -0.25) is 0 Å². The number of aromatic nitrogens is 4. The van der Waals surface area contributed by atoms with Crippen LogP contribution in [0.2, 0.25) is 0 Å². The zero-order valence-electron chi connectivity index (χ0n) is 10.2. The number of methoxy groups -OCH3 is 1. The highest BCUT2D eigenvalue weighted by atomic mass is 16.5. The normalized spacial score (nSPS) is 10.8. The molecule has 3 aromatic heterocycles.